The molecule has 0 saturated heterocycles. The van der Waals surface area contributed by atoms with Crippen LogP contribution in [0.2, 0.25) is 0 Å². The average molecular weight is 284 g/mol. The van der Waals surface area contributed by atoms with Crippen LogP contribution >= 0.6 is 0 Å². The fourth-order valence-electron chi connectivity index (χ4n) is 1.85. The number of esters is 1. The second-order valence-corrected chi connectivity index (χ2v) is 4.43. The van der Waals surface area contributed by atoms with E-state index in [1.165, 1.54) is 7.11 Å². The molecule has 0 bridgehead atoms. The molecule has 108 valence electrons. The van der Waals surface area contributed by atoms with Crippen molar-refractivity contribution in [2.75, 3.05) is 12.4 Å². The van der Waals surface area contributed by atoms with Gasteiger partial charge in [-0.05, 0) is 42.0 Å². The first kappa shape index (κ1) is 14.7. The van der Waals surface area contributed by atoms with E-state index >= 15 is 0 Å². The molecule has 0 aliphatic rings. The molecular weight excluding hydrogens is 268 g/mol. The third kappa shape index (κ3) is 3.67. The first-order valence-corrected chi connectivity index (χ1v) is 6.43. The maximum absolute atomic E-state index is 12.1. The summed E-state index contributed by atoms with van der Waals surface area (Å²) in [5.41, 5.74) is 8.02. The molecule has 0 unspecified atom stereocenters. The van der Waals surface area contributed by atoms with E-state index in [1.54, 1.807) is 42.5 Å². The molecule has 0 heterocycles. The number of anilines is 1. The largest absolute Gasteiger partial charge is 0.465 e. The number of amides is 1. The Bertz CT molecular complexity index is 651. The van der Waals surface area contributed by atoms with Gasteiger partial charge in [0.25, 0.3) is 5.91 Å². The highest BCUT2D eigenvalue weighted by Gasteiger charge is 2.08. The summed E-state index contributed by atoms with van der Waals surface area (Å²) in [6, 6.07) is 13.6. The van der Waals surface area contributed by atoms with E-state index in [0.29, 0.717) is 23.4 Å². The zero-order valence-electron chi connectivity index (χ0n) is 11.6. The van der Waals surface area contributed by atoms with Gasteiger partial charge in [-0.25, -0.2) is 4.79 Å². The average Bonchev–Trinajstić information content (AvgIpc) is 2.54. The summed E-state index contributed by atoms with van der Waals surface area (Å²) in [7, 11) is 1.32. The van der Waals surface area contributed by atoms with Gasteiger partial charge in [0.05, 0.1) is 12.7 Å². The quantitative estimate of drug-likeness (QED) is 0.843. The first-order chi connectivity index (χ1) is 10.1. The van der Waals surface area contributed by atoms with Gasteiger partial charge in [-0.3, -0.25) is 4.79 Å². The van der Waals surface area contributed by atoms with Gasteiger partial charge in [-0.1, -0.05) is 12.1 Å². The van der Waals surface area contributed by atoms with Gasteiger partial charge in [0.15, 0.2) is 0 Å². The molecule has 0 radical (unpaired) electrons. The van der Waals surface area contributed by atoms with Crippen molar-refractivity contribution in [1.29, 1.82) is 0 Å². The van der Waals surface area contributed by atoms with Gasteiger partial charge in [0, 0.05) is 17.8 Å². The van der Waals surface area contributed by atoms with Crippen molar-refractivity contribution in [3.63, 3.8) is 0 Å². The molecule has 0 spiro atoms. The molecule has 2 aromatic carbocycles. The molecule has 0 fully saturated rings. The zero-order valence-corrected chi connectivity index (χ0v) is 11.6. The van der Waals surface area contributed by atoms with E-state index in [2.05, 4.69) is 10.1 Å². The Morgan fingerprint density at radius 3 is 2.43 bits per heavy atom. The number of methoxy groups -OCH3 is 1. The summed E-state index contributed by atoms with van der Waals surface area (Å²) >= 11 is 0. The highest BCUT2D eigenvalue weighted by Crippen LogP contribution is 2.13. The number of ether oxygens (including phenoxy) is 1. The van der Waals surface area contributed by atoms with Crippen LogP contribution in [0, 0.1) is 0 Å². The van der Waals surface area contributed by atoms with Crippen molar-refractivity contribution < 1.29 is 14.3 Å². The predicted molar refractivity (Wildman–Crippen MR) is 80.1 cm³/mol. The Morgan fingerprint density at radius 2 is 1.81 bits per heavy atom. The number of hydrogen-bond donors (Lipinski definition) is 2. The molecule has 21 heavy (non-hydrogen) atoms. The Balaban J connectivity index is 2.10. The maximum atomic E-state index is 12.1. The van der Waals surface area contributed by atoms with Crippen molar-refractivity contribution >= 4 is 17.6 Å². The number of carbonyl (C=O) groups is 2. The van der Waals surface area contributed by atoms with Crippen molar-refractivity contribution in [3.05, 3.63) is 65.2 Å². The molecule has 0 aliphatic heterocycles. The third-order valence-corrected chi connectivity index (χ3v) is 2.99. The summed E-state index contributed by atoms with van der Waals surface area (Å²) in [6.07, 6.45) is 0. The van der Waals surface area contributed by atoms with E-state index in [4.69, 9.17) is 5.73 Å². The number of nitrogens with two attached hydrogens (primary N) is 1. The number of rotatable bonds is 4. The van der Waals surface area contributed by atoms with E-state index < -0.39 is 5.97 Å². The fourth-order valence-corrected chi connectivity index (χ4v) is 1.85. The Morgan fingerprint density at radius 1 is 1.10 bits per heavy atom. The highest BCUT2D eigenvalue weighted by molar-refractivity contribution is 6.04. The molecule has 2 rings (SSSR count). The molecule has 0 saturated carbocycles. The van der Waals surface area contributed by atoms with Crippen LogP contribution in [0.5, 0.6) is 0 Å². The molecule has 3 N–H and O–H groups in total. The summed E-state index contributed by atoms with van der Waals surface area (Å²) in [5, 5.41) is 2.76. The van der Waals surface area contributed by atoms with Crippen LogP contribution in [0.3, 0.4) is 0 Å². The molecule has 5 nitrogen and oxygen atoms in total. The SMILES string of the molecule is COC(=O)c1ccc(NC(=O)c2cccc(CN)c2)cc1. The van der Waals surface area contributed by atoms with Crippen molar-refractivity contribution in [2.45, 2.75) is 6.54 Å². The first-order valence-electron chi connectivity index (χ1n) is 6.43. The lowest BCUT2D eigenvalue weighted by Gasteiger charge is -2.07. The van der Waals surface area contributed by atoms with Crippen LogP contribution in [0.15, 0.2) is 48.5 Å². The minimum absolute atomic E-state index is 0.226. The standard InChI is InChI=1S/C16H16N2O3/c1-21-16(20)12-5-7-14(8-6-12)18-15(19)13-4-2-3-11(9-13)10-17/h2-9H,10,17H2,1H3,(H,18,19). The van der Waals surface area contributed by atoms with Gasteiger partial charge < -0.3 is 15.8 Å². The third-order valence-electron chi connectivity index (χ3n) is 2.99. The van der Waals surface area contributed by atoms with Gasteiger partial charge in [0.1, 0.15) is 0 Å². The molecule has 0 aliphatic carbocycles. The second kappa shape index (κ2) is 6.67. The van der Waals surface area contributed by atoms with Crippen LogP contribution in [0.25, 0.3) is 0 Å². The normalized spacial score (nSPS) is 10.0. The molecule has 1 amide bonds. The lowest BCUT2D eigenvalue weighted by Crippen LogP contribution is -2.12. The summed E-state index contributed by atoms with van der Waals surface area (Å²) in [6.45, 7) is 0.384. The van der Waals surface area contributed by atoms with Crippen LogP contribution in [-0.2, 0) is 11.3 Å². The Labute approximate surface area is 122 Å². The van der Waals surface area contributed by atoms with Crippen LogP contribution < -0.4 is 11.1 Å². The molecule has 5 heteroatoms. The minimum Gasteiger partial charge on any atom is -0.465 e. The Kier molecular flexibility index (Phi) is 4.68. The van der Waals surface area contributed by atoms with Crippen molar-refractivity contribution in [1.82, 2.24) is 0 Å². The molecular formula is C16H16N2O3. The summed E-state index contributed by atoms with van der Waals surface area (Å²) < 4.78 is 4.61. The lowest BCUT2D eigenvalue weighted by atomic mass is 10.1. The van der Waals surface area contributed by atoms with E-state index in [9.17, 15) is 9.59 Å². The second-order valence-electron chi connectivity index (χ2n) is 4.43. The zero-order chi connectivity index (χ0) is 15.2. The predicted octanol–water partition coefficient (Wildman–Crippen LogP) is 2.18. The summed E-state index contributed by atoms with van der Waals surface area (Å²) in [4.78, 5) is 23.4. The van der Waals surface area contributed by atoms with Crippen LogP contribution in [0.1, 0.15) is 26.3 Å². The van der Waals surface area contributed by atoms with Crippen molar-refractivity contribution in [3.8, 4) is 0 Å². The summed E-state index contributed by atoms with van der Waals surface area (Å²) in [5.74, 6) is -0.639. The maximum Gasteiger partial charge on any atom is 0.337 e. The number of carbonyl (C=O) groups excluding carboxylic acids is 2. The number of benzene rings is 2. The van der Waals surface area contributed by atoms with Crippen molar-refractivity contribution in [2.24, 2.45) is 5.73 Å². The topological polar surface area (TPSA) is 81.4 Å². The monoisotopic (exact) mass is 284 g/mol. The lowest BCUT2D eigenvalue weighted by molar-refractivity contribution is 0.0600. The molecule has 0 atom stereocenters. The van der Waals surface area contributed by atoms with Gasteiger partial charge in [0.2, 0.25) is 0 Å². The fraction of sp³-hybridized carbons (Fsp3) is 0.125. The van der Waals surface area contributed by atoms with Crippen LogP contribution in [0.4, 0.5) is 5.69 Å². The highest BCUT2D eigenvalue weighted by atomic mass is 16.5. The number of hydrogen-bond acceptors (Lipinski definition) is 4. The van der Waals surface area contributed by atoms with Gasteiger partial charge in [-0.2, -0.15) is 0 Å². The Hall–Kier alpha value is -2.66. The van der Waals surface area contributed by atoms with Crippen LogP contribution in [-0.4, -0.2) is 19.0 Å². The van der Waals surface area contributed by atoms with Gasteiger partial charge in [-0.15, -0.1) is 0 Å². The minimum atomic E-state index is -0.413. The molecule has 0 aromatic heterocycles. The van der Waals surface area contributed by atoms with Gasteiger partial charge >= 0.3 is 5.97 Å². The number of nitrogens with one attached hydrogen (secondary N) is 1. The van der Waals surface area contributed by atoms with E-state index in [0.717, 1.165) is 5.56 Å². The smallest absolute Gasteiger partial charge is 0.337 e. The molecule has 2 aromatic rings. The van der Waals surface area contributed by atoms with E-state index in [-0.39, 0.29) is 5.91 Å². The van der Waals surface area contributed by atoms with E-state index in [1.807, 2.05) is 6.07 Å².